The number of H-pyrrole nitrogens is 1. The molecule has 0 saturated heterocycles. The fraction of sp³-hybridized carbons (Fsp3) is 0.625. The molecule has 0 aliphatic rings. The molecule has 0 aliphatic carbocycles. The lowest BCUT2D eigenvalue weighted by atomic mass is 10.1. The summed E-state index contributed by atoms with van der Waals surface area (Å²) < 4.78 is 0. The molecule has 0 unspecified atom stereocenters. The molecular formula is C16H26N4. The van der Waals surface area contributed by atoms with E-state index in [0.29, 0.717) is 11.8 Å². The van der Waals surface area contributed by atoms with Crippen LogP contribution in [-0.2, 0) is 0 Å². The number of nitrogens with one attached hydrogen (secondary N) is 1. The van der Waals surface area contributed by atoms with Gasteiger partial charge in [0.15, 0.2) is 0 Å². The third-order valence-corrected chi connectivity index (χ3v) is 3.18. The van der Waals surface area contributed by atoms with Crippen LogP contribution in [0.4, 0.5) is 5.82 Å². The molecule has 0 radical (unpaired) electrons. The fourth-order valence-electron chi connectivity index (χ4n) is 2.60. The summed E-state index contributed by atoms with van der Waals surface area (Å²) in [6.45, 7) is 15.1. The summed E-state index contributed by atoms with van der Waals surface area (Å²) in [5, 5.41) is 1.13. The van der Waals surface area contributed by atoms with Crippen molar-refractivity contribution in [3.05, 3.63) is 17.6 Å². The molecule has 0 atom stereocenters. The van der Waals surface area contributed by atoms with Crippen LogP contribution in [0.1, 0.15) is 39.2 Å². The first-order valence-electron chi connectivity index (χ1n) is 7.45. The monoisotopic (exact) mass is 274 g/mol. The van der Waals surface area contributed by atoms with Gasteiger partial charge in [0.1, 0.15) is 17.3 Å². The molecule has 1 N–H and O–H groups in total. The van der Waals surface area contributed by atoms with Gasteiger partial charge in [-0.05, 0) is 31.7 Å². The van der Waals surface area contributed by atoms with Gasteiger partial charge in [-0.1, -0.05) is 27.7 Å². The van der Waals surface area contributed by atoms with Crippen LogP contribution >= 0.6 is 0 Å². The van der Waals surface area contributed by atoms with E-state index in [9.17, 15) is 0 Å². The Labute approximate surface area is 121 Å². The highest BCUT2D eigenvalue weighted by Crippen LogP contribution is 2.26. The minimum Gasteiger partial charge on any atom is -0.355 e. The lowest BCUT2D eigenvalue weighted by Crippen LogP contribution is -2.32. The van der Waals surface area contributed by atoms with Gasteiger partial charge in [0, 0.05) is 18.8 Å². The molecule has 20 heavy (non-hydrogen) atoms. The van der Waals surface area contributed by atoms with Crippen LogP contribution < -0.4 is 4.90 Å². The number of nitrogens with zero attached hydrogens (tertiary/aromatic N) is 3. The second-order valence-corrected chi connectivity index (χ2v) is 6.50. The van der Waals surface area contributed by atoms with Gasteiger partial charge in [0.2, 0.25) is 0 Å². The lowest BCUT2D eigenvalue weighted by Gasteiger charge is -2.28. The van der Waals surface area contributed by atoms with E-state index in [1.165, 1.54) is 0 Å². The van der Waals surface area contributed by atoms with Gasteiger partial charge in [0.05, 0.1) is 5.39 Å². The van der Waals surface area contributed by atoms with E-state index in [1.54, 1.807) is 0 Å². The van der Waals surface area contributed by atoms with E-state index in [0.717, 1.165) is 41.5 Å². The van der Waals surface area contributed by atoms with E-state index < -0.39 is 0 Å². The third kappa shape index (κ3) is 3.30. The maximum absolute atomic E-state index is 4.72. The zero-order valence-corrected chi connectivity index (χ0v) is 13.5. The SMILES string of the molecule is Cc1nc(N(CC(C)C)CC(C)C)c2cc(C)[nH]c2n1. The number of rotatable bonds is 5. The maximum Gasteiger partial charge on any atom is 0.143 e. The molecule has 2 heterocycles. The molecule has 2 aromatic heterocycles. The Balaban J connectivity index is 2.50. The van der Waals surface area contributed by atoms with Gasteiger partial charge in [0.25, 0.3) is 0 Å². The van der Waals surface area contributed by atoms with Crippen molar-refractivity contribution in [2.75, 3.05) is 18.0 Å². The van der Waals surface area contributed by atoms with E-state index in [4.69, 9.17) is 4.98 Å². The van der Waals surface area contributed by atoms with Crippen molar-refractivity contribution in [2.24, 2.45) is 11.8 Å². The Morgan fingerprint density at radius 1 is 1.05 bits per heavy atom. The maximum atomic E-state index is 4.72. The number of aromatic amines is 1. The predicted molar refractivity (Wildman–Crippen MR) is 85.3 cm³/mol. The summed E-state index contributed by atoms with van der Waals surface area (Å²) in [4.78, 5) is 14.9. The Bertz CT molecular complexity index is 573. The van der Waals surface area contributed by atoms with E-state index in [-0.39, 0.29) is 0 Å². The first-order valence-corrected chi connectivity index (χ1v) is 7.45. The van der Waals surface area contributed by atoms with Gasteiger partial charge in [-0.2, -0.15) is 0 Å². The van der Waals surface area contributed by atoms with Crippen molar-refractivity contribution in [3.63, 3.8) is 0 Å². The average Bonchev–Trinajstić information content (AvgIpc) is 2.65. The highest BCUT2D eigenvalue weighted by Gasteiger charge is 2.17. The largest absolute Gasteiger partial charge is 0.355 e. The van der Waals surface area contributed by atoms with Crippen LogP contribution in [0.3, 0.4) is 0 Å². The van der Waals surface area contributed by atoms with Crippen LogP contribution in [0.5, 0.6) is 0 Å². The predicted octanol–water partition coefficient (Wildman–Crippen LogP) is 3.69. The van der Waals surface area contributed by atoms with Crippen LogP contribution in [0, 0.1) is 25.7 Å². The van der Waals surface area contributed by atoms with Gasteiger partial charge in [-0.15, -0.1) is 0 Å². The summed E-state index contributed by atoms with van der Waals surface area (Å²) in [7, 11) is 0. The second kappa shape index (κ2) is 5.81. The van der Waals surface area contributed by atoms with E-state index >= 15 is 0 Å². The molecule has 0 aromatic carbocycles. The average molecular weight is 274 g/mol. The molecular weight excluding hydrogens is 248 g/mol. The van der Waals surface area contributed by atoms with E-state index in [2.05, 4.69) is 55.6 Å². The first-order chi connectivity index (χ1) is 9.36. The zero-order valence-electron chi connectivity index (χ0n) is 13.5. The first kappa shape index (κ1) is 14.8. The van der Waals surface area contributed by atoms with Gasteiger partial charge >= 0.3 is 0 Å². The molecule has 0 aliphatic heterocycles. The number of hydrogen-bond acceptors (Lipinski definition) is 3. The summed E-state index contributed by atoms with van der Waals surface area (Å²) in [5.41, 5.74) is 2.08. The molecule has 110 valence electrons. The molecule has 0 saturated carbocycles. The summed E-state index contributed by atoms with van der Waals surface area (Å²) in [6.07, 6.45) is 0. The lowest BCUT2D eigenvalue weighted by molar-refractivity contribution is 0.549. The number of aromatic nitrogens is 3. The van der Waals surface area contributed by atoms with Crippen molar-refractivity contribution in [1.82, 2.24) is 15.0 Å². The normalized spacial score (nSPS) is 11.8. The molecule has 0 spiro atoms. The Morgan fingerprint density at radius 2 is 1.65 bits per heavy atom. The smallest absolute Gasteiger partial charge is 0.143 e. The van der Waals surface area contributed by atoms with E-state index in [1.807, 2.05) is 6.92 Å². The standard InChI is InChI=1S/C16H26N4/c1-10(2)8-20(9-11(3)4)16-14-7-12(5)17-15(14)18-13(6)19-16/h7,10-11H,8-9H2,1-6H3,(H,17,18,19). The summed E-state index contributed by atoms with van der Waals surface area (Å²) >= 11 is 0. The van der Waals surface area contributed by atoms with Crippen molar-refractivity contribution >= 4 is 16.9 Å². The second-order valence-electron chi connectivity index (χ2n) is 6.50. The molecule has 4 nitrogen and oxygen atoms in total. The van der Waals surface area contributed by atoms with Gasteiger partial charge < -0.3 is 9.88 Å². The minimum atomic E-state index is 0.610. The molecule has 2 aromatic rings. The van der Waals surface area contributed by atoms with Crippen molar-refractivity contribution in [1.29, 1.82) is 0 Å². The topological polar surface area (TPSA) is 44.8 Å². The van der Waals surface area contributed by atoms with Crippen molar-refractivity contribution in [3.8, 4) is 0 Å². The summed E-state index contributed by atoms with van der Waals surface area (Å²) in [6, 6.07) is 2.15. The number of aryl methyl sites for hydroxylation is 2. The fourth-order valence-corrected chi connectivity index (χ4v) is 2.60. The highest BCUT2D eigenvalue weighted by atomic mass is 15.2. The molecule has 2 rings (SSSR count). The van der Waals surface area contributed by atoms with Crippen molar-refractivity contribution in [2.45, 2.75) is 41.5 Å². The van der Waals surface area contributed by atoms with Crippen molar-refractivity contribution < 1.29 is 0 Å². The number of hydrogen-bond donors (Lipinski definition) is 1. The minimum absolute atomic E-state index is 0.610. The molecule has 0 bridgehead atoms. The summed E-state index contributed by atoms with van der Waals surface area (Å²) in [5.74, 6) is 3.12. The molecule has 0 amide bonds. The number of fused-ring (bicyclic) bond motifs is 1. The van der Waals surface area contributed by atoms with Gasteiger partial charge in [-0.25, -0.2) is 9.97 Å². The van der Waals surface area contributed by atoms with Crippen LogP contribution in [0.25, 0.3) is 11.0 Å². The van der Waals surface area contributed by atoms with Crippen LogP contribution in [0.15, 0.2) is 6.07 Å². The third-order valence-electron chi connectivity index (χ3n) is 3.18. The highest BCUT2D eigenvalue weighted by molar-refractivity contribution is 5.88. The number of anilines is 1. The van der Waals surface area contributed by atoms with Crippen LogP contribution in [-0.4, -0.2) is 28.0 Å². The zero-order chi connectivity index (χ0) is 14.9. The molecule has 0 fully saturated rings. The Morgan fingerprint density at radius 3 is 2.20 bits per heavy atom. The molecule has 4 heteroatoms. The Kier molecular flexibility index (Phi) is 4.31. The Hall–Kier alpha value is -1.58. The quantitative estimate of drug-likeness (QED) is 0.904. The van der Waals surface area contributed by atoms with Crippen LogP contribution in [0.2, 0.25) is 0 Å². The van der Waals surface area contributed by atoms with Gasteiger partial charge in [-0.3, -0.25) is 0 Å².